The highest BCUT2D eigenvalue weighted by atomic mass is 15.0. The number of nitrogens with zero attached hydrogens (tertiary/aromatic N) is 1. The van der Waals surface area contributed by atoms with Gasteiger partial charge in [-0.2, -0.15) is 0 Å². The number of allylic oxidation sites excluding steroid dienone is 1. The second-order valence-corrected chi connectivity index (χ2v) is 3.13. The fourth-order valence-corrected chi connectivity index (χ4v) is 1.66. The van der Waals surface area contributed by atoms with E-state index in [1.54, 1.807) is 0 Å². The zero-order valence-corrected chi connectivity index (χ0v) is 6.99. The third-order valence-corrected chi connectivity index (χ3v) is 2.26. The van der Waals surface area contributed by atoms with E-state index < -0.39 is 0 Å². The average molecular weight is 168 g/mol. The fraction of sp³-hybridized carbons (Fsp3) is 0. The third-order valence-electron chi connectivity index (χ3n) is 2.26. The molecule has 0 saturated carbocycles. The highest BCUT2D eigenvalue weighted by Crippen LogP contribution is 2.26. The number of hydrogen-bond donors (Lipinski definition) is 1. The van der Waals surface area contributed by atoms with E-state index in [4.69, 9.17) is 0 Å². The minimum atomic E-state index is 1.07. The molecule has 0 aromatic heterocycles. The summed E-state index contributed by atoms with van der Waals surface area (Å²) in [7, 11) is 0. The van der Waals surface area contributed by atoms with Crippen LogP contribution < -0.4 is 5.32 Å². The summed E-state index contributed by atoms with van der Waals surface area (Å²) in [5, 5.41) is 3.28. The molecule has 3 rings (SSSR count). The number of benzene rings is 1. The van der Waals surface area contributed by atoms with Crippen molar-refractivity contribution in [1.82, 2.24) is 5.32 Å². The van der Waals surface area contributed by atoms with E-state index in [-0.39, 0.29) is 0 Å². The second-order valence-electron chi connectivity index (χ2n) is 3.13. The first-order valence-electron chi connectivity index (χ1n) is 4.25. The van der Waals surface area contributed by atoms with Crippen LogP contribution >= 0.6 is 0 Å². The van der Waals surface area contributed by atoms with E-state index in [0.29, 0.717) is 0 Å². The Morgan fingerprint density at radius 3 is 3.08 bits per heavy atom. The fourth-order valence-electron chi connectivity index (χ4n) is 1.66. The lowest BCUT2D eigenvalue weighted by atomic mass is 10.00. The Labute approximate surface area is 76.3 Å². The molecule has 1 aromatic carbocycles. The van der Waals surface area contributed by atoms with Crippen molar-refractivity contribution >= 4 is 18.0 Å². The molecule has 13 heavy (non-hydrogen) atoms. The summed E-state index contributed by atoms with van der Waals surface area (Å²) in [5.74, 6) is 0. The molecular formula is C11H8N2. The Morgan fingerprint density at radius 1 is 1.15 bits per heavy atom. The molecular weight excluding hydrogens is 160 g/mol. The summed E-state index contributed by atoms with van der Waals surface area (Å²) in [4.78, 5) is 4.14. The Hall–Kier alpha value is -1.83. The zero-order valence-electron chi connectivity index (χ0n) is 6.99. The number of nitrogens with one attached hydrogen (secondary N) is 1. The summed E-state index contributed by atoms with van der Waals surface area (Å²) in [6.45, 7) is 0. The zero-order chi connectivity index (χ0) is 8.67. The molecule has 2 aliphatic rings. The van der Waals surface area contributed by atoms with Crippen LogP contribution in [-0.4, -0.2) is 6.21 Å². The molecule has 0 amide bonds. The van der Waals surface area contributed by atoms with Gasteiger partial charge in [0.15, 0.2) is 0 Å². The van der Waals surface area contributed by atoms with E-state index in [0.717, 1.165) is 11.4 Å². The molecule has 0 aliphatic carbocycles. The van der Waals surface area contributed by atoms with Crippen LogP contribution in [0.1, 0.15) is 11.1 Å². The summed E-state index contributed by atoms with van der Waals surface area (Å²) >= 11 is 0. The largest absolute Gasteiger partial charge is 0.352 e. The molecule has 62 valence electrons. The number of rotatable bonds is 0. The van der Waals surface area contributed by atoms with E-state index in [1.807, 2.05) is 18.5 Å². The highest BCUT2D eigenvalue weighted by molar-refractivity contribution is 5.95. The molecule has 0 saturated heterocycles. The maximum atomic E-state index is 4.14. The third kappa shape index (κ3) is 0.920. The molecule has 2 bridgehead atoms. The van der Waals surface area contributed by atoms with Gasteiger partial charge in [-0.25, -0.2) is 0 Å². The van der Waals surface area contributed by atoms with Crippen LogP contribution in [0.2, 0.25) is 0 Å². The number of hydrogen-bond acceptors (Lipinski definition) is 2. The van der Waals surface area contributed by atoms with Crippen molar-refractivity contribution in [2.45, 2.75) is 0 Å². The lowest BCUT2D eigenvalue weighted by Crippen LogP contribution is -2.19. The SMILES string of the molecule is C1=NC=C2NC1=Cc1ccccc12. The van der Waals surface area contributed by atoms with E-state index in [9.17, 15) is 0 Å². The summed E-state index contributed by atoms with van der Waals surface area (Å²) in [5.41, 5.74) is 4.64. The molecule has 2 heteroatoms. The molecule has 2 aliphatic heterocycles. The molecule has 0 atom stereocenters. The first-order chi connectivity index (χ1) is 6.43. The maximum absolute atomic E-state index is 4.14. The van der Waals surface area contributed by atoms with E-state index in [2.05, 4.69) is 34.6 Å². The molecule has 2 heterocycles. The number of aliphatic imine (C=N–C) groups is 1. The van der Waals surface area contributed by atoms with Gasteiger partial charge in [0, 0.05) is 5.56 Å². The van der Waals surface area contributed by atoms with Crippen molar-refractivity contribution in [3.05, 3.63) is 47.3 Å². The molecule has 0 unspecified atom stereocenters. The predicted octanol–water partition coefficient (Wildman–Crippen LogP) is 2.01. The minimum Gasteiger partial charge on any atom is -0.352 e. The molecule has 1 aromatic rings. The van der Waals surface area contributed by atoms with E-state index >= 15 is 0 Å². The molecule has 0 spiro atoms. The minimum absolute atomic E-state index is 1.07. The van der Waals surface area contributed by atoms with Crippen LogP contribution in [-0.2, 0) is 0 Å². The second kappa shape index (κ2) is 2.33. The van der Waals surface area contributed by atoms with Gasteiger partial charge in [-0.3, -0.25) is 4.99 Å². The first-order valence-corrected chi connectivity index (χ1v) is 4.25. The monoisotopic (exact) mass is 168 g/mol. The van der Waals surface area contributed by atoms with Crippen LogP contribution in [0.25, 0.3) is 11.8 Å². The van der Waals surface area contributed by atoms with Gasteiger partial charge in [0.1, 0.15) is 0 Å². The average Bonchev–Trinajstić information content (AvgIpc) is 2.18. The normalized spacial score (nSPS) is 16.9. The van der Waals surface area contributed by atoms with Gasteiger partial charge in [-0.1, -0.05) is 24.3 Å². The van der Waals surface area contributed by atoms with Crippen LogP contribution in [0.4, 0.5) is 0 Å². The lowest BCUT2D eigenvalue weighted by Gasteiger charge is -2.21. The highest BCUT2D eigenvalue weighted by Gasteiger charge is 2.14. The van der Waals surface area contributed by atoms with Crippen molar-refractivity contribution in [3.63, 3.8) is 0 Å². The number of fused-ring (bicyclic) bond motifs is 4. The summed E-state index contributed by atoms with van der Waals surface area (Å²) in [6, 6.07) is 8.30. The van der Waals surface area contributed by atoms with Gasteiger partial charge in [0.25, 0.3) is 0 Å². The summed E-state index contributed by atoms with van der Waals surface area (Å²) in [6.07, 6.45) is 5.80. The van der Waals surface area contributed by atoms with Gasteiger partial charge in [-0.05, 0) is 11.6 Å². The Kier molecular flexibility index (Phi) is 1.19. The van der Waals surface area contributed by atoms with Crippen LogP contribution in [0.15, 0.2) is 41.2 Å². The predicted molar refractivity (Wildman–Crippen MR) is 54.0 cm³/mol. The first kappa shape index (κ1) is 6.66. The Morgan fingerprint density at radius 2 is 2.08 bits per heavy atom. The Balaban J connectivity index is 2.32. The smallest absolute Gasteiger partial charge is 0.0650 e. The van der Waals surface area contributed by atoms with Crippen LogP contribution in [0, 0.1) is 0 Å². The van der Waals surface area contributed by atoms with Crippen molar-refractivity contribution in [3.8, 4) is 0 Å². The van der Waals surface area contributed by atoms with Gasteiger partial charge in [0.05, 0.1) is 23.8 Å². The van der Waals surface area contributed by atoms with Crippen molar-refractivity contribution in [2.24, 2.45) is 4.99 Å². The molecule has 0 radical (unpaired) electrons. The Bertz CT molecular complexity index is 453. The van der Waals surface area contributed by atoms with E-state index in [1.165, 1.54) is 11.1 Å². The molecule has 0 fully saturated rings. The summed E-state index contributed by atoms with van der Waals surface area (Å²) < 4.78 is 0. The molecule has 1 N–H and O–H groups in total. The van der Waals surface area contributed by atoms with Gasteiger partial charge >= 0.3 is 0 Å². The van der Waals surface area contributed by atoms with Gasteiger partial charge < -0.3 is 5.32 Å². The molecule has 2 nitrogen and oxygen atoms in total. The van der Waals surface area contributed by atoms with Crippen molar-refractivity contribution < 1.29 is 0 Å². The lowest BCUT2D eigenvalue weighted by molar-refractivity contribution is 1.13. The van der Waals surface area contributed by atoms with Gasteiger partial charge in [-0.15, -0.1) is 0 Å². The van der Waals surface area contributed by atoms with Crippen LogP contribution in [0.5, 0.6) is 0 Å². The van der Waals surface area contributed by atoms with Crippen molar-refractivity contribution in [2.75, 3.05) is 0 Å². The van der Waals surface area contributed by atoms with Crippen LogP contribution in [0.3, 0.4) is 0 Å². The maximum Gasteiger partial charge on any atom is 0.0650 e. The topological polar surface area (TPSA) is 24.4 Å². The van der Waals surface area contributed by atoms with Crippen molar-refractivity contribution in [1.29, 1.82) is 0 Å². The standard InChI is InChI=1S/C11H8N2/c1-2-4-10-8(3-1)5-9-6-12-7-11(10)13-9/h1-7,13H. The quantitative estimate of drug-likeness (QED) is 0.629. The van der Waals surface area contributed by atoms with Gasteiger partial charge in [0.2, 0.25) is 0 Å².